The zero-order chi connectivity index (χ0) is 16.6. The second kappa shape index (κ2) is 5.72. The fourth-order valence-corrected chi connectivity index (χ4v) is 2.63. The third-order valence-electron chi connectivity index (χ3n) is 4.09. The molecule has 0 saturated heterocycles. The summed E-state index contributed by atoms with van der Waals surface area (Å²) < 4.78 is 1.76. The Labute approximate surface area is 133 Å². The minimum absolute atomic E-state index is 0.203. The van der Waals surface area contributed by atoms with Crippen LogP contribution >= 0.6 is 0 Å². The smallest absolute Gasteiger partial charge is 0.268 e. The molecule has 0 bridgehead atoms. The van der Waals surface area contributed by atoms with E-state index in [1.54, 1.807) is 29.1 Å². The molecular weight excluding hydrogens is 292 g/mol. The molecule has 23 heavy (non-hydrogen) atoms. The van der Waals surface area contributed by atoms with Crippen LogP contribution in [0.5, 0.6) is 0 Å². The number of carbonyl (C=O) groups is 1. The summed E-state index contributed by atoms with van der Waals surface area (Å²) in [4.78, 5) is 27.1. The largest absolute Gasteiger partial charge is 0.344 e. The summed E-state index contributed by atoms with van der Waals surface area (Å²) >= 11 is 0. The molecule has 0 aliphatic heterocycles. The third-order valence-corrected chi connectivity index (χ3v) is 4.09. The molecule has 2 N–H and O–H groups in total. The van der Waals surface area contributed by atoms with Crippen molar-refractivity contribution >= 4 is 16.7 Å². The summed E-state index contributed by atoms with van der Waals surface area (Å²) in [6.07, 6.45) is 1.74. The van der Waals surface area contributed by atoms with Gasteiger partial charge in [0.25, 0.3) is 11.5 Å². The van der Waals surface area contributed by atoms with Crippen LogP contribution in [0.15, 0.2) is 41.3 Å². The standard InChI is InChI=1S/C17H18N4O2/c1-10(14-9-18-21(3)11(14)2)19-17(23)15-8-12-6-4-5-7-13(12)16(22)20-15/h4-10H,1-3H3,(H,19,23)(H,20,22)/t10-/m1/s1. The Morgan fingerprint density at radius 3 is 2.78 bits per heavy atom. The van der Waals surface area contributed by atoms with Gasteiger partial charge in [0.1, 0.15) is 5.69 Å². The summed E-state index contributed by atoms with van der Waals surface area (Å²) in [6, 6.07) is 8.67. The molecule has 0 spiro atoms. The van der Waals surface area contributed by atoms with E-state index in [1.165, 1.54) is 0 Å². The number of fused-ring (bicyclic) bond motifs is 1. The number of aryl methyl sites for hydroxylation is 1. The van der Waals surface area contributed by atoms with Crippen LogP contribution in [-0.2, 0) is 7.05 Å². The molecule has 0 radical (unpaired) electrons. The highest BCUT2D eigenvalue weighted by molar-refractivity contribution is 5.96. The van der Waals surface area contributed by atoms with E-state index in [2.05, 4.69) is 15.4 Å². The maximum absolute atomic E-state index is 12.4. The lowest BCUT2D eigenvalue weighted by molar-refractivity contribution is 0.0934. The highest BCUT2D eigenvalue weighted by Gasteiger charge is 2.16. The Morgan fingerprint density at radius 1 is 1.35 bits per heavy atom. The van der Waals surface area contributed by atoms with Crippen molar-refractivity contribution in [3.8, 4) is 0 Å². The van der Waals surface area contributed by atoms with Gasteiger partial charge in [-0.3, -0.25) is 14.3 Å². The van der Waals surface area contributed by atoms with Crippen LogP contribution in [0.4, 0.5) is 0 Å². The van der Waals surface area contributed by atoms with Gasteiger partial charge in [0.2, 0.25) is 0 Å². The Bertz CT molecular complexity index is 939. The average Bonchev–Trinajstić information content (AvgIpc) is 2.87. The van der Waals surface area contributed by atoms with E-state index in [0.717, 1.165) is 16.6 Å². The third kappa shape index (κ3) is 2.75. The number of aromatic nitrogens is 3. The fourth-order valence-electron chi connectivity index (χ4n) is 2.63. The first kappa shape index (κ1) is 15.0. The number of benzene rings is 1. The number of carbonyl (C=O) groups excluding carboxylic acids is 1. The van der Waals surface area contributed by atoms with Crippen LogP contribution in [0.3, 0.4) is 0 Å². The van der Waals surface area contributed by atoms with Gasteiger partial charge in [-0.05, 0) is 31.4 Å². The lowest BCUT2D eigenvalue weighted by Crippen LogP contribution is -2.29. The minimum Gasteiger partial charge on any atom is -0.344 e. The monoisotopic (exact) mass is 310 g/mol. The van der Waals surface area contributed by atoms with Crippen molar-refractivity contribution in [1.29, 1.82) is 0 Å². The summed E-state index contributed by atoms with van der Waals surface area (Å²) in [5, 5.41) is 8.39. The van der Waals surface area contributed by atoms with Gasteiger partial charge >= 0.3 is 0 Å². The molecule has 1 atom stereocenters. The highest BCUT2D eigenvalue weighted by atomic mass is 16.2. The van der Waals surface area contributed by atoms with Gasteiger partial charge in [0, 0.05) is 23.7 Å². The molecule has 0 unspecified atom stereocenters. The molecule has 1 amide bonds. The SMILES string of the molecule is Cc1c([C@@H](C)NC(=O)c2cc3ccccc3c(=O)[nH]2)cnn1C. The Morgan fingerprint density at radius 2 is 2.09 bits per heavy atom. The van der Waals surface area contributed by atoms with Gasteiger partial charge in [-0.15, -0.1) is 0 Å². The van der Waals surface area contributed by atoms with E-state index in [1.807, 2.05) is 33.0 Å². The van der Waals surface area contributed by atoms with Gasteiger partial charge in [-0.2, -0.15) is 5.10 Å². The van der Waals surface area contributed by atoms with Crippen molar-refractivity contribution in [2.75, 3.05) is 0 Å². The molecule has 0 fully saturated rings. The second-order valence-corrected chi connectivity index (χ2v) is 5.60. The number of amides is 1. The van der Waals surface area contributed by atoms with E-state index in [-0.39, 0.29) is 23.2 Å². The van der Waals surface area contributed by atoms with Gasteiger partial charge in [0.05, 0.1) is 12.2 Å². The van der Waals surface area contributed by atoms with Gasteiger partial charge < -0.3 is 10.3 Å². The van der Waals surface area contributed by atoms with E-state index in [9.17, 15) is 9.59 Å². The number of hydrogen-bond acceptors (Lipinski definition) is 3. The first-order valence-corrected chi connectivity index (χ1v) is 7.39. The second-order valence-electron chi connectivity index (χ2n) is 5.60. The van der Waals surface area contributed by atoms with Crippen molar-refractivity contribution in [1.82, 2.24) is 20.1 Å². The molecule has 0 aliphatic rings. The molecule has 6 heteroatoms. The van der Waals surface area contributed by atoms with E-state index in [4.69, 9.17) is 0 Å². The summed E-state index contributed by atoms with van der Waals surface area (Å²) in [5.74, 6) is -0.316. The molecule has 2 aromatic heterocycles. The van der Waals surface area contributed by atoms with Crippen LogP contribution in [0.25, 0.3) is 10.8 Å². The normalized spacial score (nSPS) is 12.3. The predicted octanol–water partition coefficient (Wildman–Crippen LogP) is 2.06. The molecular formula is C17H18N4O2. The molecule has 3 aromatic rings. The lowest BCUT2D eigenvalue weighted by atomic mass is 10.1. The number of H-pyrrole nitrogens is 1. The first-order valence-electron chi connectivity index (χ1n) is 7.39. The van der Waals surface area contributed by atoms with Gasteiger partial charge in [0.15, 0.2) is 0 Å². The topological polar surface area (TPSA) is 79.8 Å². The van der Waals surface area contributed by atoms with Crippen LogP contribution < -0.4 is 10.9 Å². The molecule has 6 nitrogen and oxygen atoms in total. The number of hydrogen-bond donors (Lipinski definition) is 2. The quantitative estimate of drug-likeness (QED) is 0.777. The first-order chi connectivity index (χ1) is 11.0. The number of pyridine rings is 1. The molecule has 0 saturated carbocycles. The number of aromatic amines is 1. The molecule has 118 valence electrons. The predicted molar refractivity (Wildman–Crippen MR) is 88.4 cm³/mol. The lowest BCUT2D eigenvalue weighted by Gasteiger charge is -2.14. The Kier molecular flexibility index (Phi) is 3.73. The maximum Gasteiger partial charge on any atom is 0.268 e. The van der Waals surface area contributed by atoms with E-state index in [0.29, 0.717) is 5.39 Å². The summed E-state index contributed by atoms with van der Waals surface area (Å²) in [7, 11) is 1.86. The zero-order valence-electron chi connectivity index (χ0n) is 13.3. The fraction of sp³-hybridized carbons (Fsp3) is 0.235. The van der Waals surface area contributed by atoms with E-state index >= 15 is 0 Å². The summed E-state index contributed by atoms with van der Waals surface area (Å²) in [5.41, 5.74) is 1.93. The Hall–Kier alpha value is -2.89. The number of rotatable bonds is 3. The van der Waals surface area contributed by atoms with Crippen LogP contribution in [-0.4, -0.2) is 20.7 Å². The van der Waals surface area contributed by atoms with Crippen molar-refractivity contribution < 1.29 is 4.79 Å². The van der Waals surface area contributed by atoms with Crippen molar-refractivity contribution in [2.45, 2.75) is 19.9 Å². The van der Waals surface area contributed by atoms with Crippen LogP contribution in [0.1, 0.15) is 34.7 Å². The zero-order valence-corrected chi connectivity index (χ0v) is 13.3. The van der Waals surface area contributed by atoms with Crippen molar-refractivity contribution in [2.24, 2.45) is 7.05 Å². The van der Waals surface area contributed by atoms with Crippen molar-refractivity contribution in [3.05, 3.63) is 63.8 Å². The van der Waals surface area contributed by atoms with Gasteiger partial charge in [-0.25, -0.2) is 0 Å². The minimum atomic E-state index is -0.316. The van der Waals surface area contributed by atoms with Gasteiger partial charge in [-0.1, -0.05) is 18.2 Å². The number of nitrogens with zero attached hydrogens (tertiary/aromatic N) is 2. The molecule has 1 aromatic carbocycles. The summed E-state index contributed by atoms with van der Waals surface area (Å²) in [6.45, 7) is 3.84. The van der Waals surface area contributed by atoms with Crippen LogP contribution in [0, 0.1) is 6.92 Å². The average molecular weight is 310 g/mol. The molecule has 0 aliphatic carbocycles. The Balaban J connectivity index is 1.89. The maximum atomic E-state index is 12.4. The molecule has 2 heterocycles. The van der Waals surface area contributed by atoms with E-state index < -0.39 is 0 Å². The number of nitrogens with one attached hydrogen (secondary N) is 2. The molecule has 3 rings (SSSR count). The van der Waals surface area contributed by atoms with Crippen LogP contribution in [0.2, 0.25) is 0 Å². The van der Waals surface area contributed by atoms with Crippen molar-refractivity contribution in [3.63, 3.8) is 0 Å². The highest BCUT2D eigenvalue weighted by Crippen LogP contribution is 2.17.